The lowest BCUT2D eigenvalue weighted by atomic mass is 9.98. The molecule has 2 heteroatoms. The molecular formula is C18H35NO. The fourth-order valence-electron chi connectivity index (χ4n) is 2.27. The van der Waals surface area contributed by atoms with Crippen LogP contribution >= 0.6 is 0 Å². The summed E-state index contributed by atoms with van der Waals surface area (Å²) in [6.07, 6.45) is 12.6. The van der Waals surface area contributed by atoms with Crippen molar-refractivity contribution >= 4 is 5.78 Å². The Morgan fingerprint density at radius 2 is 1.70 bits per heavy atom. The highest BCUT2D eigenvalue weighted by Gasteiger charge is 2.13. The zero-order valence-corrected chi connectivity index (χ0v) is 13.9. The summed E-state index contributed by atoms with van der Waals surface area (Å²) in [5, 5.41) is 3.47. The maximum atomic E-state index is 11.8. The summed E-state index contributed by atoms with van der Waals surface area (Å²) in [7, 11) is 0. The van der Waals surface area contributed by atoms with Gasteiger partial charge >= 0.3 is 0 Å². The molecule has 0 saturated carbocycles. The minimum absolute atomic E-state index is 0.217. The molecule has 0 aliphatic heterocycles. The Morgan fingerprint density at radius 3 is 2.30 bits per heavy atom. The largest absolute Gasteiger partial charge is 0.314 e. The van der Waals surface area contributed by atoms with E-state index in [1.165, 1.54) is 38.5 Å². The van der Waals surface area contributed by atoms with Gasteiger partial charge in [-0.05, 0) is 39.2 Å². The first kappa shape index (κ1) is 19.4. The fourth-order valence-corrected chi connectivity index (χ4v) is 2.27. The molecule has 0 rings (SSSR count). The Morgan fingerprint density at radius 1 is 1.10 bits per heavy atom. The Balaban J connectivity index is 3.37. The normalized spacial score (nSPS) is 13.9. The highest BCUT2D eigenvalue weighted by atomic mass is 16.1. The molecular weight excluding hydrogens is 246 g/mol. The molecule has 0 aromatic rings. The molecule has 0 aromatic carbocycles. The van der Waals surface area contributed by atoms with Crippen LogP contribution in [0.5, 0.6) is 0 Å². The molecule has 0 radical (unpaired) electrons. The molecule has 1 N–H and O–H groups in total. The SMILES string of the molecule is C=CCCCCCCCCNC(C)CC(=O)C(C)CC. The lowest BCUT2D eigenvalue weighted by Gasteiger charge is -2.15. The van der Waals surface area contributed by atoms with E-state index in [4.69, 9.17) is 0 Å². The van der Waals surface area contributed by atoms with Crippen LogP contribution in [0, 0.1) is 5.92 Å². The third-order valence-electron chi connectivity index (χ3n) is 4.00. The number of allylic oxidation sites excluding steroid dienone is 1. The average Bonchev–Trinajstić information content (AvgIpc) is 2.44. The summed E-state index contributed by atoms with van der Waals surface area (Å²) < 4.78 is 0. The summed E-state index contributed by atoms with van der Waals surface area (Å²) >= 11 is 0. The smallest absolute Gasteiger partial charge is 0.137 e. The van der Waals surface area contributed by atoms with Gasteiger partial charge in [0.25, 0.3) is 0 Å². The molecule has 2 nitrogen and oxygen atoms in total. The molecule has 0 fully saturated rings. The van der Waals surface area contributed by atoms with Crippen LogP contribution in [0.3, 0.4) is 0 Å². The zero-order valence-electron chi connectivity index (χ0n) is 13.9. The lowest BCUT2D eigenvalue weighted by molar-refractivity contribution is -0.122. The van der Waals surface area contributed by atoms with Crippen molar-refractivity contribution in [3.63, 3.8) is 0 Å². The summed E-state index contributed by atoms with van der Waals surface area (Å²) in [6, 6.07) is 0.323. The number of ketones is 1. The average molecular weight is 281 g/mol. The molecule has 0 spiro atoms. The third-order valence-corrected chi connectivity index (χ3v) is 4.00. The fraction of sp³-hybridized carbons (Fsp3) is 0.833. The van der Waals surface area contributed by atoms with Gasteiger partial charge in [0.05, 0.1) is 0 Å². The van der Waals surface area contributed by atoms with E-state index >= 15 is 0 Å². The van der Waals surface area contributed by atoms with Crippen molar-refractivity contribution in [1.82, 2.24) is 5.32 Å². The standard InChI is InChI=1S/C18H35NO/c1-5-7-8-9-10-11-12-13-14-19-17(4)15-18(20)16(3)6-2/h5,16-17,19H,1,6-15H2,2-4H3. The third kappa shape index (κ3) is 11.2. The maximum Gasteiger partial charge on any atom is 0.137 e. The number of Topliss-reactive ketones (excluding diaryl/α,β-unsaturated/α-hetero) is 1. The predicted octanol–water partition coefficient (Wildman–Crippen LogP) is 4.89. The van der Waals surface area contributed by atoms with Gasteiger partial charge in [-0.3, -0.25) is 4.79 Å². The summed E-state index contributed by atoms with van der Waals surface area (Å²) in [6.45, 7) is 11.0. The van der Waals surface area contributed by atoms with Crippen molar-refractivity contribution in [2.45, 2.75) is 84.6 Å². The zero-order chi connectivity index (χ0) is 15.2. The van der Waals surface area contributed by atoms with Crippen LogP contribution in [0.15, 0.2) is 12.7 Å². The Bertz CT molecular complexity index is 250. The van der Waals surface area contributed by atoms with Crippen molar-refractivity contribution in [3.8, 4) is 0 Å². The second-order valence-electron chi connectivity index (χ2n) is 6.03. The Hall–Kier alpha value is -0.630. The number of carbonyl (C=O) groups is 1. The van der Waals surface area contributed by atoms with Crippen LogP contribution in [-0.2, 0) is 4.79 Å². The van der Waals surface area contributed by atoms with Gasteiger partial charge in [0.15, 0.2) is 0 Å². The highest BCUT2D eigenvalue weighted by molar-refractivity contribution is 5.81. The molecule has 0 heterocycles. The van der Waals surface area contributed by atoms with Crippen molar-refractivity contribution in [1.29, 1.82) is 0 Å². The van der Waals surface area contributed by atoms with E-state index in [1.54, 1.807) is 0 Å². The first-order valence-corrected chi connectivity index (χ1v) is 8.48. The van der Waals surface area contributed by atoms with Crippen molar-refractivity contribution in [2.75, 3.05) is 6.54 Å². The first-order chi connectivity index (χ1) is 9.61. The number of hydrogen-bond donors (Lipinski definition) is 1. The van der Waals surface area contributed by atoms with Gasteiger partial charge in [-0.15, -0.1) is 6.58 Å². The van der Waals surface area contributed by atoms with Gasteiger partial charge in [-0.2, -0.15) is 0 Å². The van der Waals surface area contributed by atoms with Crippen LogP contribution in [0.25, 0.3) is 0 Å². The number of hydrogen-bond acceptors (Lipinski definition) is 2. The van der Waals surface area contributed by atoms with Crippen LogP contribution < -0.4 is 5.32 Å². The topological polar surface area (TPSA) is 29.1 Å². The Kier molecular flexibility index (Phi) is 12.9. The second-order valence-corrected chi connectivity index (χ2v) is 6.03. The van der Waals surface area contributed by atoms with Crippen LogP contribution in [0.4, 0.5) is 0 Å². The molecule has 118 valence electrons. The predicted molar refractivity (Wildman–Crippen MR) is 89.1 cm³/mol. The molecule has 0 aliphatic carbocycles. The van der Waals surface area contributed by atoms with E-state index in [0.717, 1.165) is 19.4 Å². The van der Waals surface area contributed by atoms with E-state index in [0.29, 0.717) is 18.2 Å². The van der Waals surface area contributed by atoms with Crippen molar-refractivity contribution in [3.05, 3.63) is 12.7 Å². The monoisotopic (exact) mass is 281 g/mol. The maximum absolute atomic E-state index is 11.8. The number of nitrogens with one attached hydrogen (secondary N) is 1. The van der Waals surface area contributed by atoms with E-state index in [-0.39, 0.29) is 5.92 Å². The molecule has 0 aromatic heterocycles. The molecule has 20 heavy (non-hydrogen) atoms. The van der Waals surface area contributed by atoms with Gasteiger partial charge in [0.1, 0.15) is 5.78 Å². The van der Waals surface area contributed by atoms with Gasteiger partial charge in [0.2, 0.25) is 0 Å². The minimum Gasteiger partial charge on any atom is -0.314 e. The summed E-state index contributed by atoms with van der Waals surface area (Å²) in [4.78, 5) is 11.8. The highest BCUT2D eigenvalue weighted by Crippen LogP contribution is 2.09. The van der Waals surface area contributed by atoms with E-state index in [2.05, 4.69) is 25.7 Å². The summed E-state index contributed by atoms with van der Waals surface area (Å²) in [5.74, 6) is 0.615. The second kappa shape index (κ2) is 13.4. The molecule has 2 atom stereocenters. The quantitative estimate of drug-likeness (QED) is 0.363. The Labute approximate surface area is 126 Å². The molecule has 0 saturated heterocycles. The van der Waals surface area contributed by atoms with Crippen molar-refractivity contribution in [2.24, 2.45) is 5.92 Å². The first-order valence-electron chi connectivity index (χ1n) is 8.48. The number of carbonyl (C=O) groups excluding carboxylic acids is 1. The van der Waals surface area contributed by atoms with E-state index in [9.17, 15) is 4.79 Å². The van der Waals surface area contributed by atoms with Gasteiger partial charge < -0.3 is 5.32 Å². The molecule has 0 amide bonds. The van der Waals surface area contributed by atoms with Gasteiger partial charge in [-0.1, -0.05) is 45.6 Å². The lowest BCUT2D eigenvalue weighted by Crippen LogP contribution is -2.30. The molecule has 0 bridgehead atoms. The summed E-state index contributed by atoms with van der Waals surface area (Å²) in [5.41, 5.74) is 0. The number of unbranched alkanes of at least 4 members (excludes halogenated alkanes) is 6. The van der Waals surface area contributed by atoms with Crippen LogP contribution in [-0.4, -0.2) is 18.4 Å². The van der Waals surface area contributed by atoms with Crippen LogP contribution in [0.1, 0.15) is 78.6 Å². The van der Waals surface area contributed by atoms with E-state index in [1.807, 2.05) is 13.0 Å². The molecule has 2 unspecified atom stereocenters. The molecule has 0 aliphatic rings. The number of rotatable bonds is 14. The van der Waals surface area contributed by atoms with Gasteiger partial charge in [0, 0.05) is 18.4 Å². The van der Waals surface area contributed by atoms with Crippen LogP contribution in [0.2, 0.25) is 0 Å². The minimum atomic E-state index is 0.217. The van der Waals surface area contributed by atoms with Gasteiger partial charge in [-0.25, -0.2) is 0 Å². The van der Waals surface area contributed by atoms with E-state index < -0.39 is 0 Å². The van der Waals surface area contributed by atoms with Crippen molar-refractivity contribution < 1.29 is 4.79 Å².